The third-order valence-corrected chi connectivity index (χ3v) is 2.77. The molecule has 0 fully saturated rings. The van der Waals surface area contributed by atoms with Crippen LogP contribution < -0.4 is 0 Å². The number of hydroxylamine groups is 2. The van der Waals surface area contributed by atoms with E-state index in [9.17, 15) is 5.21 Å². The van der Waals surface area contributed by atoms with Gasteiger partial charge in [0, 0.05) is 6.54 Å². The van der Waals surface area contributed by atoms with Crippen LogP contribution in [0.25, 0.3) is 0 Å². The molecule has 70 valence electrons. The molecule has 0 radical (unpaired) electrons. The van der Waals surface area contributed by atoms with E-state index in [0.717, 1.165) is 19.4 Å². The van der Waals surface area contributed by atoms with Crippen molar-refractivity contribution in [2.75, 3.05) is 6.54 Å². The fourth-order valence-electron chi connectivity index (χ4n) is 2.07. The summed E-state index contributed by atoms with van der Waals surface area (Å²) >= 11 is 0. The van der Waals surface area contributed by atoms with E-state index in [1.54, 1.807) is 0 Å². The zero-order valence-electron chi connectivity index (χ0n) is 7.90. The summed E-state index contributed by atoms with van der Waals surface area (Å²) in [6.45, 7) is 2.87. The van der Waals surface area contributed by atoms with Crippen LogP contribution in [0.2, 0.25) is 0 Å². The maximum absolute atomic E-state index is 9.65. The molecular formula is C11H15NO. The molecule has 0 bridgehead atoms. The van der Waals surface area contributed by atoms with Crippen LogP contribution in [0.3, 0.4) is 0 Å². The molecule has 0 amide bonds. The van der Waals surface area contributed by atoms with Gasteiger partial charge >= 0.3 is 0 Å². The molecule has 1 aromatic carbocycles. The summed E-state index contributed by atoms with van der Waals surface area (Å²) in [5, 5.41) is 11.1. The van der Waals surface area contributed by atoms with Crippen LogP contribution >= 0.6 is 0 Å². The minimum Gasteiger partial charge on any atom is -0.313 e. The molecule has 2 nitrogen and oxygen atoms in total. The van der Waals surface area contributed by atoms with Gasteiger partial charge in [0.1, 0.15) is 0 Å². The molecule has 1 aliphatic heterocycles. The maximum atomic E-state index is 9.65. The van der Waals surface area contributed by atoms with E-state index in [0.29, 0.717) is 0 Å². The van der Waals surface area contributed by atoms with Gasteiger partial charge in [-0.2, -0.15) is 5.06 Å². The van der Waals surface area contributed by atoms with Gasteiger partial charge in [-0.25, -0.2) is 0 Å². The Morgan fingerprint density at radius 3 is 3.00 bits per heavy atom. The van der Waals surface area contributed by atoms with E-state index in [-0.39, 0.29) is 6.04 Å². The van der Waals surface area contributed by atoms with Gasteiger partial charge in [-0.05, 0) is 24.0 Å². The minimum atomic E-state index is 0.199. The summed E-state index contributed by atoms with van der Waals surface area (Å²) in [4.78, 5) is 0. The molecule has 0 saturated carbocycles. The smallest absolute Gasteiger partial charge is 0.0599 e. The van der Waals surface area contributed by atoms with Crippen LogP contribution in [0.5, 0.6) is 0 Å². The molecule has 0 aliphatic carbocycles. The van der Waals surface area contributed by atoms with Gasteiger partial charge in [0.15, 0.2) is 0 Å². The highest BCUT2D eigenvalue weighted by Crippen LogP contribution is 2.30. The SMILES string of the molecule is CCC1c2ccccc2CCN1O. The van der Waals surface area contributed by atoms with E-state index in [1.165, 1.54) is 16.2 Å². The fraction of sp³-hybridized carbons (Fsp3) is 0.455. The van der Waals surface area contributed by atoms with Gasteiger partial charge in [0.25, 0.3) is 0 Å². The van der Waals surface area contributed by atoms with Crippen molar-refractivity contribution in [1.29, 1.82) is 0 Å². The number of hydrogen-bond donors (Lipinski definition) is 1. The quantitative estimate of drug-likeness (QED) is 0.712. The van der Waals surface area contributed by atoms with E-state index < -0.39 is 0 Å². The van der Waals surface area contributed by atoms with Gasteiger partial charge < -0.3 is 5.21 Å². The van der Waals surface area contributed by atoms with Crippen LogP contribution in [0.15, 0.2) is 24.3 Å². The van der Waals surface area contributed by atoms with E-state index in [1.807, 2.05) is 6.07 Å². The monoisotopic (exact) mass is 177 g/mol. The highest BCUT2D eigenvalue weighted by Gasteiger charge is 2.23. The molecular weight excluding hydrogens is 162 g/mol. The lowest BCUT2D eigenvalue weighted by Gasteiger charge is -2.31. The highest BCUT2D eigenvalue weighted by molar-refractivity contribution is 5.31. The van der Waals surface area contributed by atoms with Gasteiger partial charge in [-0.15, -0.1) is 0 Å². The fourth-order valence-corrected chi connectivity index (χ4v) is 2.07. The molecule has 1 atom stereocenters. The van der Waals surface area contributed by atoms with E-state index in [2.05, 4.69) is 25.1 Å². The van der Waals surface area contributed by atoms with E-state index in [4.69, 9.17) is 0 Å². The lowest BCUT2D eigenvalue weighted by molar-refractivity contribution is -0.134. The van der Waals surface area contributed by atoms with Crippen LogP contribution in [0.1, 0.15) is 30.5 Å². The predicted molar refractivity (Wildman–Crippen MR) is 51.7 cm³/mol. The van der Waals surface area contributed by atoms with Crippen molar-refractivity contribution in [2.24, 2.45) is 0 Å². The molecule has 1 aliphatic rings. The standard InChI is InChI=1S/C11H15NO/c1-2-11-10-6-4-3-5-9(10)7-8-12(11)13/h3-6,11,13H,2,7-8H2,1H3. The number of benzene rings is 1. The summed E-state index contributed by atoms with van der Waals surface area (Å²) in [6.07, 6.45) is 1.93. The van der Waals surface area contributed by atoms with Crippen LogP contribution in [-0.2, 0) is 6.42 Å². The van der Waals surface area contributed by atoms with Crippen molar-refractivity contribution < 1.29 is 5.21 Å². The van der Waals surface area contributed by atoms with Crippen molar-refractivity contribution in [1.82, 2.24) is 5.06 Å². The normalized spacial score (nSPS) is 22.8. The molecule has 0 saturated heterocycles. The molecule has 1 N–H and O–H groups in total. The van der Waals surface area contributed by atoms with Crippen molar-refractivity contribution >= 4 is 0 Å². The molecule has 0 aromatic heterocycles. The Bertz CT molecular complexity index is 298. The number of nitrogens with zero attached hydrogens (tertiary/aromatic N) is 1. The number of fused-ring (bicyclic) bond motifs is 1. The number of hydrogen-bond acceptors (Lipinski definition) is 2. The summed E-state index contributed by atoms with van der Waals surface area (Å²) in [5.74, 6) is 0. The first kappa shape index (κ1) is 8.73. The first-order valence-corrected chi connectivity index (χ1v) is 4.86. The Labute approximate surface area is 78.8 Å². The van der Waals surface area contributed by atoms with Crippen LogP contribution in [-0.4, -0.2) is 16.8 Å². The van der Waals surface area contributed by atoms with Gasteiger partial charge in [-0.1, -0.05) is 31.2 Å². The first-order valence-electron chi connectivity index (χ1n) is 4.86. The molecule has 13 heavy (non-hydrogen) atoms. The Hall–Kier alpha value is -0.860. The average Bonchev–Trinajstić information content (AvgIpc) is 2.18. The van der Waals surface area contributed by atoms with Crippen molar-refractivity contribution in [3.63, 3.8) is 0 Å². The second kappa shape index (κ2) is 3.48. The average molecular weight is 177 g/mol. The van der Waals surface area contributed by atoms with Crippen LogP contribution in [0.4, 0.5) is 0 Å². The van der Waals surface area contributed by atoms with Crippen molar-refractivity contribution in [3.05, 3.63) is 35.4 Å². The molecule has 2 rings (SSSR count). The lowest BCUT2D eigenvalue weighted by Crippen LogP contribution is -2.32. The lowest BCUT2D eigenvalue weighted by atomic mass is 9.93. The minimum absolute atomic E-state index is 0.199. The molecule has 2 heteroatoms. The van der Waals surface area contributed by atoms with E-state index >= 15 is 0 Å². The topological polar surface area (TPSA) is 23.5 Å². The summed E-state index contributed by atoms with van der Waals surface area (Å²) in [6, 6.07) is 8.58. The van der Waals surface area contributed by atoms with Crippen molar-refractivity contribution in [2.45, 2.75) is 25.8 Å². The van der Waals surface area contributed by atoms with Gasteiger partial charge in [0.2, 0.25) is 0 Å². The summed E-state index contributed by atoms with van der Waals surface area (Å²) < 4.78 is 0. The third-order valence-electron chi connectivity index (χ3n) is 2.77. The predicted octanol–water partition coefficient (Wildman–Crippen LogP) is 2.38. The highest BCUT2D eigenvalue weighted by atomic mass is 16.5. The Balaban J connectivity index is 2.39. The summed E-state index contributed by atoms with van der Waals surface area (Å²) in [7, 11) is 0. The zero-order chi connectivity index (χ0) is 9.26. The summed E-state index contributed by atoms with van der Waals surface area (Å²) in [5.41, 5.74) is 2.68. The zero-order valence-corrected chi connectivity index (χ0v) is 7.90. The maximum Gasteiger partial charge on any atom is 0.0599 e. The second-order valence-corrected chi connectivity index (χ2v) is 3.54. The molecule has 0 spiro atoms. The Kier molecular flexibility index (Phi) is 2.34. The van der Waals surface area contributed by atoms with Crippen LogP contribution in [0, 0.1) is 0 Å². The molecule has 1 heterocycles. The largest absolute Gasteiger partial charge is 0.313 e. The third kappa shape index (κ3) is 1.47. The second-order valence-electron chi connectivity index (χ2n) is 3.54. The van der Waals surface area contributed by atoms with Gasteiger partial charge in [-0.3, -0.25) is 0 Å². The van der Waals surface area contributed by atoms with Gasteiger partial charge in [0.05, 0.1) is 6.04 Å². The number of rotatable bonds is 1. The Morgan fingerprint density at radius 1 is 1.46 bits per heavy atom. The Morgan fingerprint density at radius 2 is 2.23 bits per heavy atom. The van der Waals surface area contributed by atoms with Crippen molar-refractivity contribution in [3.8, 4) is 0 Å². The molecule has 1 aromatic rings. The first-order chi connectivity index (χ1) is 6.33. The molecule has 1 unspecified atom stereocenters.